The minimum absolute atomic E-state index is 0.130. The molecule has 0 radical (unpaired) electrons. The highest BCUT2D eigenvalue weighted by Gasteiger charge is 2.06. The topological polar surface area (TPSA) is 55.1 Å². The normalized spacial score (nSPS) is 14.6. The first-order valence-corrected chi connectivity index (χ1v) is 6.55. The number of nitrogen functional groups attached to an aromatic ring is 1. The van der Waals surface area contributed by atoms with Gasteiger partial charge in [-0.25, -0.2) is 0 Å². The third-order valence-corrected chi connectivity index (χ3v) is 3.65. The molecule has 0 aliphatic carbocycles. The summed E-state index contributed by atoms with van der Waals surface area (Å²) in [6.45, 7) is 4.63. The largest absolute Gasteiger partial charge is 0.397 e. The fraction of sp³-hybridized carbons (Fsp3) is 0.455. The molecule has 3 N–H and O–H groups in total. The number of nitrogens with two attached hydrogens (primary N) is 1. The second kappa shape index (κ2) is 5.16. The van der Waals surface area contributed by atoms with Crippen LogP contribution in [0, 0.1) is 6.92 Å². The Bertz CT molecular complexity index is 366. The van der Waals surface area contributed by atoms with Crippen LogP contribution in [0.5, 0.6) is 0 Å². The van der Waals surface area contributed by atoms with E-state index in [0.717, 1.165) is 16.9 Å². The number of anilines is 2. The summed E-state index contributed by atoms with van der Waals surface area (Å²) in [6.07, 6.45) is 1.71. The molecular formula is C11H18N2OS. The summed E-state index contributed by atoms with van der Waals surface area (Å²) in [5, 5.41) is 3.33. The van der Waals surface area contributed by atoms with Crippen molar-refractivity contribution in [3.05, 3.63) is 23.8 Å². The Morgan fingerprint density at radius 2 is 2.20 bits per heavy atom. The van der Waals surface area contributed by atoms with Gasteiger partial charge in [0.1, 0.15) is 0 Å². The summed E-state index contributed by atoms with van der Waals surface area (Å²) in [4.78, 5) is 0. The van der Waals surface area contributed by atoms with E-state index in [-0.39, 0.29) is 5.25 Å². The lowest BCUT2D eigenvalue weighted by Gasteiger charge is -2.13. The van der Waals surface area contributed by atoms with Crippen LogP contribution in [-0.4, -0.2) is 22.3 Å². The van der Waals surface area contributed by atoms with Crippen LogP contribution in [0.15, 0.2) is 18.2 Å². The van der Waals surface area contributed by atoms with E-state index in [1.807, 2.05) is 32.0 Å². The van der Waals surface area contributed by atoms with E-state index in [1.165, 1.54) is 0 Å². The molecule has 0 aliphatic rings. The van der Waals surface area contributed by atoms with Crippen LogP contribution in [0.25, 0.3) is 0 Å². The first kappa shape index (κ1) is 12.0. The molecule has 1 aromatic carbocycles. The Labute approximate surface area is 93.5 Å². The van der Waals surface area contributed by atoms with Crippen LogP contribution in [0.4, 0.5) is 11.4 Å². The summed E-state index contributed by atoms with van der Waals surface area (Å²) in [5.41, 5.74) is 8.64. The summed E-state index contributed by atoms with van der Waals surface area (Å²) >= 11 is 0. The fourth-order valence-electron chi connectivity index (χ4n) is 1.21. The standard InChI is InChI=1S/C11H18N2OS/c1-8-4-5-11(10(12)6-8)13-7-9(2)15(3)14/h4-6,9,13H,7,12H2,1-3H3. The third-order valence-electron chi connectivity index (χ3n) is 2.35. The molecular weight excluding hydrogens is 208 g/mol. The third kappa shape index (κ3) is 3.55. The number of hydrogen-bond donors (Lipinski definition) is 2. The molecule has 0 fully saturated rings. The molecule has 84 valence electrons. The van der Waals surface area contributed by atoms with Gasteiger partial charge in [0.05, 0.1) is 11.4 Å². The Balaban J connectivity index is 2.62. The number of benzene rings is 1. The maximum absolute atomic E-state index is 11.1. The highest BCUT2D eigenvalue weighted by molar-refractivity contribution is 7.84. The SMILES string of the molecule is Cc1ccc(NCC(C)S(C)=O)c(N)c1. The molecule has 3 nitrogen and oxygen atoms in total. The first-order valence-electron chi connectivity index (χ1n) is 4.93. The van der Waals surface area contributed by atoms with Gasteiger partial charge in [0.15, 0.2) is 0 Å². The molecule has 15 heavy (non-hydrogen) atoms. The maximum atomic E-state index is 11.1. The van der Waals surface area contributed by atoms with Crippen molar-refractivity contribution in [3.63, 3.8) is 0 Å². The molecule has 0 bridgehead atoms. The van der Waals surface area contributed by atoms with E-state index in [0.29, 0.717) is 6.54 Å². The highest BCUT2D eigenvalue weighted by Crippen LogP contribution is 2.19. The van der Waals surface area contributed by atoms with Gasteiger partial charge in [-0.2, -0.15) is 0 Å². The van der Waals surface area contributed by atoms with Gasteiger partial charge in [-0.15, -0.1) is 0 Å². The second-order valence-electron chi connectivity index (χ2n) is 3.78. The molecule has 2 unspecified atom stereocenters. The zero-order valence-corrected chi connectivity index (χ0v) is 10.2. The average Bonchev–Trinajstić information content (AvgIpc) is 2.15. The molecule has 0 aliphatic heterocycles. The lowest BCUT2D eigenvalue weighted by Crippen LogP contribution is -2.21. The van der Waals surface area contributed by atoms with E-state index in [4.69, 9.17) is 5.73 Å². The molecule has 0 saturated carbocycles. The van der Waals surface area contributed by atoms with Crippen molar-refractivity contribution in [1.82, 2.24) is 0 Å². The van der Waals surface area contributed by atoms with Crippen LogP contribution in [0.1, 0.15) is 12.5 Å². The number of nitrogens with one attached hydrogen (secondary N) is 1. The molecule has 0 saturated heterocycles. The smallest absolute Gasteiger partial charge is 0.0574 e. The zero-order valence-electron chi connectivity index (χ0n) is 9.41. The molecule has 2 atom stereocenters. The predicted molar refractivity (Wildman–Crippen MR) is 67.6 cm³/mol. The Hall–Kier alpha value is -1.03. The Morgan fingerprint density at radius 1 is 1.53 bits per heavy atom. The van der Waals surface area contributed by atoms with Gasteiger partial charge in [-0.05, 0) is 31.5 Å². The molecule has 1 aromatic rings. The average molecular weight is 226 g/mol. The molecule has 4 heteroatoms. The summed E-state index contributed by atoms with van der Waals surface area (Å²) in [5.74, 6) is 0. The number of aryl methyl sites for hydroxylation is 1. The van der Waals surface area contributed by atoms with E-state index < -0.39 is 10.8 Å². The first-order chi connectivity index (χ1) is 7.00. The van der Waals surface area contributed by atoms with Crippen molar-refractivity contribution in [2.75, 3.05) is 23.9 Å². The maximum Gasteiger partial charge on any atom is 0.0574 e. The number of rotatable bonds is 4. The van der Waals surface area contributed by atoms with Crippen LogP contribution in [0.3, 0.4) is 0 Å². The molecule has 1 rings (SSSR count). The van der Waals surface area contributed by atoms with Gasteiger partial charge < -0.3 is 11.1 Å². The van der Waals surface area contributed by atoms with Gasteiger partial charge >= 0.3 is 0 Å². The lowest BCUT2D eigenvalue weighted by molar-refractivity contribution is 0.679. The summed E-state index contributed by atoms with van der Waals surface area (Å²) in [7, 11) is -0.798. The second-order valence-corrected chi connectivity index (χ2v) is 5.58. The Kier molecular flexibility index (Phi) is 4.15. The monoisotopic (exact) mass is 226 g/mol. The highest BCUT2D eigenvalue weighted by atomic mass is 32.2. The molecule has 0 spiro atoms. The summed E-state index contributed by atoms with van der Waals surface area (Å²) in [6, 6.07) is 5.89. The van der Waals surface area contributed by atoms with Gasteiger partial charge in [0, 0.05) is 28.9 Å². The van der Waals surface area contributed by atoms with Gasteiger partial charge in [0.2, 0.25) is 0 Å². The van der Waals surface area contributed by atoms with Crippen LogP contribution < -0.4 is 11.1 Å². The Morgan fingerprint density at radius 3 is 2.73 bits per heavy atom. The van der Waals surface area contributed by atoms with E-state index in [2.05, 4.69) is 5.32 Å². The van der Waals surface area contributed by atoms with Crippen LogP contribution in [-0.2, 0) is 10.8 Å². The van der Waals surface area contributed by atoms with Crippen molar-refractivity contribution in [2.24, 2.45) is 0 Å². The van der Waals surface area contributed by atoms with Crippen molar-refractivity contribution in [1.29, 1.82) is 0 Å². The van der Waals surface area contributed by atoms with Crippen LogP contribution in [0.2, 0.25) is 0 Å². The molecule has 0 aromatic heterocycles. The van der Waals surface area contributed by atoms with Crippen molar-refractivity contribution in [2.45, 2.75) is 19.1 Å². The van der Waals surface area contributed by atoms with Gasteiger partial charge in [0.25, 0.3) is 0 Å². The number of hydrogen-bond acceptors (Lipinski definition) is 3. The van der Waals surface area contributed by atoms with Gasteiger partial charge in [-0.3, -0.25) is 4.21 Å². The van der Waals surface area contributed by atoms with E-state index in [9.17, 15) is 4.21 Å². The lowest BCUT2D eigenvalue weighted by atomic mass is 10.2. The minimum atomic E-state index is -0.798. The predicted octanol–water partition coefficient (Wildman–Crippen LogP) is 1.76. The van der Waals surface area contributed by atoms with Crippen molar-refractivity contribution < 1.29 is 4.21 Å². The molecule has 0 amide bonds. The van der Waals surface area contributed by atoms with E-state index in [1.54, 1.807) is 6.26 Å². The summed E-state index contributed by atoms with van der Waals surface area (Å²) < 4.78 is 11.1. The quantitative estimate of drug-likeness (QED) is 0.769. The fourth-order valence-corrected chi connectivity index (χ4v) is 1.53. The molecule has 0 heterocycles. The van der Waals surface area contributed by atoms with E-state index >= 15 is 0 Å². The zero-order chi connectivity index (χ0) is 11.4. The van der Waals surface area contributed by atoms with Crippen molar-refractivity contribution in [3.8, 4) is 0 Å². The van der Waals surface area contributed by atoms with Crippen molar-refractivity contribution >= 4 is 22.2 Å². The minimum Gasteiger partial charge on any atom is -0.397 e. The van der Waals surface area contributed by atoms with Gasteiger partial charge in [-0.1, -0.05) is 6.07 Å². The van der Waals surface area contributed by atoms with Crippen LogP contribution >= 0.6 is 0 Å².